The molecule has 0 heterocycles. The Morgan fingerprint density at radius 3 is 2.58 bits per heavy atom. The molecule has 64 valence electrons. The van der Waals surface area contributed by atoms with Gasteiger partial charge in [-0.2, -0.15) is 0 Å². The second-order valence-corrected chi connectivity index (χ2v) is 2.40. The van der Waals surface area contributed by atoms with Gasteiger partial charge >= 0.3 is 0 Å². The smallest absolute Gasteiger partial charge is 0.276 e. The minimum absolute atomic E-state index is 0.513. The number of phenolic OH excluding ortho intramolecular Hbond substituents is 1. The van der Waals surface area contributed by atoms with Gasteiger partial charge in [0.05, 0.1) is 17.1 Å². The lowest BCUT2D eigenvalue weighted by Gasteiger charge is -1.97. The molecule has 0 fully saturated rings. The van der Waals surface area contributed by atoms with Crippen molar-refractivity contribution in [1.29, 1.82) is 0 Å². The zero-order valence-corrected chi connectivity index (χ0v) is 6.38. The fourth-order valence-corrected chi connectivity index (χ4v) is 0.775. The van der Waals surface area contributed by atoms with Crippen molar-refractivity contribution in [2.45, 2.75) is 0 Å². The minimum atomic E-state index is -1.01. The molecule has 4 nitrogen and oxygen atoms in total. The maximum Gasteiger partial charge on any atom is 0.276 e. The lowest BCUT2D eigenvalue weighted by molar-refractivity contribution is -0.385. The fraction of sp³-hybridized carbons (Fsp3) is 0. The molecule has 0 saturated carbocycles. The summed E-state index contributed by atoms with van der Waals surface area (Å²) in [5.74, 6) is -1.65. The van der Waals surface area contributed by atoms with Crippen molar-refractivity contribution < 1.29 is 14.4 Å². The monoisotopic (exact) mass is 191 g/mol. The Bertz CT molecular complexity index is 319. The Labute approximate surface area is 71.3 Å². The van der Waals surface area contributed by atoms with Gasteiger partial charge in [-0.05, 0) is 0 Å². The molecule has 1 rings (SSSR count). The third-order valence-corrected chi connectivity index (χ3v) is 1.58. The highest BCUT2D eigenvalue weighted by Gasteiger charge is 2.14. The maximum absolute atomic E-state index is 12.6. The summed E-state index contributed by atoms with van der Waals surface area (Å²) in [6.45, 7) is 0. The van der Waals surface area contributed by atoms with Crippen LogP contribution in [0.25, 0.3) is 0 Å². The van der Waals surface area contributed by atoms with E-state index >= 15 is 0 Å². The predicted octanol–water partition coefficient (Wildman–Crippen LogP) is 2.09. The van der Waals surface area contributed by atoms with Crippen molar-refractivity contribution >= 4 is 17.3 Å². The molecule has 0 radical (unpaired) electrons. The molecule has 0 bridgehead atoms. The normalized spacial score (nSPS) is 9.83. The van der Waals surface area contributed by atoms with Crippen molar-refractivity contribution in [2.75, 3.05) is 0 Å². The summed E-state index contributed by atoms with van der Waals surface area (Å²) in [5, 5.41) is 18.4. The predicted molar refractivity (Wildman–Crippen MR) is 39.7 cm³/mol. The Morgan fingerprint density at radius 1 is 1.58 bits per heavy atom. The number of nitrogens with zero attached hydrogens (tertiary/aromatic N) is 1. The van der Waals surface area contributed by atoms with Gasteiger partial charge in [0.25, 0.3) is 5.69 Å². The number of halogens is 2. The van der Waals surface area contributed by atoms with Gasteiger partial charge < -0.3 is 5.11 Å². The van der Waals surface area contributed by atoms with Crippen LogP contribution in [0.2, 0.25) is 5.02 Å². The van der Waals surface area contributed by atoms with E-state index in [-0.39, 0.29) is 0 Å². The number of phenols is 1. The number of aromatic hydroxyl groups is 1. The van der Waals surface area contributed by atoms with E-state index in [4.69, 9.17) is 16.7 Å². The minimum Gasteiger partial charge on any atom is -0.506 e. The summed E-state index contributed by atoms with van der Waals surface area (Å²) in [5.41, 5.74) is -0.533. The van der Waals surface area contributed by atoms with E-state index in [1.165, 1.54) is 0 Å². The lowest BCUT2D eigenvalue weighted by Crippen LogP contribution is -1.89. The second-order valence-electron chi connectivity index (χ2n) is 2.02. The molecule has 0 amide bonds. The van der Waals surface area contributed by atoms with Gasteiger partial charge in [0.2, 0.25) is 0 Å². The number of non-ortho nitro benzene ring substituents is 1. The average molecular weight is 192 g/mol. The topological polar surface area (TPSA) is 63.4 Å². The molecular formula is C6H3ClFNO3. The molecule has 0 saturated heterocycles. The van der Waals surface area contributed by atoms with Gasteiger partial charge in [-0.25, -0.2) is 4.39 Å². The highest BCUT2D eigenvalue weighted by atomic mass is 35.5. The number of hydrogen-bond donors (Lipinski definition) is 1. The van der Waals surface area contributed by atoms with Crippen molar-refractivity contribution in [1.82, 2.24) is 0 Å². The third-order valence-electron chi connectivity index (χ3n) is 1.20. The Kier molecular flexibility index (Phi) is 2.14. The van der Waals surface area contributed by atoms with Crippen LogP contribution in [-0.2, 0) is 0 Å². The number of hydrogen-bond acceptors (Lipinski definition) is 3. The van der Waals surface area contributed by atoms with Gasteiger partial charge in [-0.3, -0.25) is 10.1 Å². The Hall–Kier alpha value is -1.36. The zero-order valence-electron chi connectivity index (χ0n) is 5.62. The largest absolute Gasteiger partial charge is 0.506 e. The molecule has 0 aliphatic heterocycles. The first-order valence-electron chi connectivity index (χ1n) is 2.85. The average Bonchev–Trinajstić information content (AvgIpc) is 1.99. The second kappa shape index (κ2) is 2.94. The molecule has 0 aliphatic carbocycles. The first kappa shape index (κ1) is 8.73. The van der Waals surface area contributed by atoms with Crippen LogP contribution in [0.4, 0.5) is 10.1 Å². The van der Waals surface area contributed by atoms with Gasteiger partial charge in [0, 0.05) is 0 Å². The molecule has 0 aromatic heterocycles. The van der Waals surface area contributed by atoms with E-state index in [1.54, 1.807) is 0 Å². The van der Waals surface area contributed by atoms with Crippen LogP contribution in [0.5, 0.6) is 5.75 Å². The number of benzene rings is 1. The van der Waals surface area contributed by atoms with E-state index in [9.17, 15) is 14.5 Å². The third kappa shape index (κ3) is 1.45. The molecule has 1 N–H and O–H groups in total. The van der Waals surface area contributed by atoms with Crippen LogP contribution < -0.4 is 0 Å². The van der Waals surface area contributed by atoms with Crippen LogP contribution in [0, 0.1) is 15.9 Å². The van der Waals surface area contributed by atoms with Crippen molar-refractivity contribution in [3.8, 4) is 5.75 Å². The summed E-state index contributed by atoms with van der Waals surface area (Å²) in [6.07, 6.45) is 0. The Morgan fingerprint density at radius 2 is 2.17 bits per heavy atom. The van der Waals surface area contributed by atoms with Crippen LogP contribution in [-0.4, -0.2) is 10.0 Å². The van der Waals surface area contributed by atoms with E-state index < -0.39 is 27.2 Å². The molecular weight excluding hydrogens is 189 g/mol. The first-order valence-corrected chi connectivity index (χ1v) is 3.22. The molecule has 0 spiro atoms. The van der Waals surface area contributed by atoms with Crippen LogP contribution >= 0.6 is 11.6 Å². The summed E-state index contributed by atoms with van der Waals surface area (Å²) >= 11 is 5.21. The summed E-state index contributed by atoms with van der Waals surface area (Å²) < 4.78 is 12.6. The maximum atomic E-state index is 12.6. The molecule has 0 unspecified atom stereocenters. The molecule has 1 aromatic rings. The quantitative estimate of drug-likeness (QED) is 0.546. The summed E-state index contributed by atoms with van der Waals surface area (Å²) in [6, 6.07) is 1.42. The first-order chi connectivity index (χ1) is 5.52. The molecule has 1 aromatic carbocycles. The summed E-state index contributed by atoms with van der Waals surface area (Å²) in [7, 11) is 0. The highest BCUT2D eigenvalue weighted by Crippen LogP contribution is 2.30. The molecule has 0 aliphatic rings. The summed E-state index contributed by atoms with van der Waals surface area (Å²) in [4.78, 5) is 9.28. The van der Waals surface area contributed by atoms with Crippen LogP contribution in [0.15, 0.2) is 12.1 Å². The number of rotatable bonds is 1. The lowest BCUT2D eigenvalue weighted by atomic mass is 10.3. The van der Waals surface area contributed by atoms with E-state index in [1.807, 2.05) is 0 Å². The number of nitro groups is 1. The fourth-order valence-electron chi connectivity index (χ4n) is 0.666. The van der Waals surface area contributed by atoms with Gasteiger partial charge in [0.15, 0.2) is 5.82 Å². The molecule has 0 atom stereocenters. The van der Waals surface area contributed by atoms with Crippen molar-refractivity contribution in [3.05, 3.63) is 33.1 Å². The van der Waals surface area contributed by atoms with Gasteiger partial charge in [0.1, 0.15) is 10.8 Å². The number of nitro benzene ring substituents is 1. The van der Waals surface area contributed by atoms with Crippen LogP contribution in [0.1, 0.15) is 0 Å². The standard InChI is InChI=1S/C6H3ClFNO3/c7-6-4(8)1-3(9(11)12)2-5(6)10/h1-2,10H. The highest BCUT2D eigenvalue weighted by molar-refractivity contribution is 6.32. The zero-order chi connectivity index (χ0) is 9.30. The van der Waals surface area contributed by atoms with Gasteiger partial charge in [-0.15, -0.1) is 0 Å². The van der Waals surface area contributed by atoms with E-state index in [0.717, 1.165) is 6.07 Å². The SMILES string of the molecule is O=[N+]([O-])c1cc(O)c(Cl)c(F)c1. The molecule has 6 heteroatoms. The van der Waals surface area contributed by atoms with Crippen molar-refractivity contribution in [2.24, 2.45) is 0 Å². The Balaban J connectivity index is 3.31. The van der Waals surface area contributed by atoms with Gasteiger partial charge in [-0.1, -0.05) is 11.6 Å². The van der Waals surface area contributed by atoms with E-state index in [0.29, 0.717) is 6.07 Å². The molecule has 12 heavy (non-hydrogen) atoms. The van der Waals surface area contributed by atoms with Crippen LogP contribution in [0.3, 0.4) is 0 Å². The van der Waals surface area contributed by atoms with E-state index in [2.05, 4.69) is 0 Å². The van der Waals surface area contributed by atoms with Crippen molar-refractivity contribution in [3.63, 3.8) is 0 Å².